The smallest absolute Gasteiger partial charge is 0.335 e. The van der Waals surface area contributed by atoms with E-state index in [0.29, 0.717) is 6.54 Å². The van der Waals surface area contributed by atoms with Gasteiger partial charge in [-0.05, 0) is 35.9 Å². The van der Waals surface area contributed by atoms with Crippen molar-refractivity contribution in [1.82, 2.24) is 15.0 Å². The number of amides is 1. The molecular weight excluding hydrogens is 416 g/mol. The molecule has 2 aromatic heterocycles. The van der Waals surface area contributed by atoms with E-state index in [2.05, 4.69) is 15.5 Å². The summed E-state index contributed by atoms with van der Waals surface area (Å²) in [6.07, 6.45) is 4.98. The lowest BCUT2D eigenvalue weighted by Gasteiger charge is -2.06. The van der Waals surface area contributed by atoms with Gasteiger partial charge in [-0.3, -0.25) is 4.79 Å². The van der Waals surface area contributed by atoms with Gasteiger partial charge in [-0.2, -0.15) is 5.10 Å². The molecule has 0 atom stereocenters. The van der Waals surface area contributed by atoms with E-state index in [0.717, 1.165) is 22.0 Å². The molecule has 1 amide bonds. The second-order valence-electron chi connectivity index (χ2n) is 6.78. The van der Waals surface area contributed by atoms with Crippen LogP contribution < -0.4 is 5.43 Å². The van der Waals surface area contributed by atoms with Crippen LogP contribution in [0.1, 0.15) is 31.8 Å². The van der Waals surface area contributed by atoms with Crippen molar-refractivity contribution in [3.63, 3.8) is 0 Å². The van der Waals surface area contributed by atoms with Gasteiger partial charge in [0.25, 0.3) is 5.91 Å². The van der Waals surface area contributed by atoms with Gasteiger partial charge in [-0.1, -0.05) is 41.9 Å². The monoisotopic (exact) mass is 432 g/mol. The number of carbonyl (C=O) groups excluding carboxylic acids is 1. The lowest BCUT2D eigenvalue weighted by molar-refractivity contribution is 0.0696. The van der Waals surface area contributed by atoms with Crippen LogP contribution in [0.4, 0.5) is 0 Å². The number of carboxylic acid groups (broad SMARTS) is 1. The number of rotatable bonds is 6. The SMILES string of the molecule is O=C(O)c1cccc(Cn2cc(C=NNC(=O)c3cccnc3Cl)c3ccccc32)c1. The Hall–Kier alpha value is -3.97. The lowest BCUT2D eigenvalue weighted by Crippen LogP contribution is -2.18. The van der Waals surface area contributed by atoms with Gasteiger partial charge in [0.05, 0.1) is 17.3 Å². The molecule has 31 heavy (non-hydrogen) atoms. The first-order valence-electron chi connectivity index (χ1n) is 9.37. The van der Waals surface area contributed by atoms with Crippen molar-refractivity contribution in [3.8, 4) is 0 Å². The number of pyridine rings is 1. The molecule has 0 unspecified atom stereocenters. The van der Waals surface area contributed by atoms with E-state index in [-0.39, 0.29) is 16.3 Å². The maximum atomic E-state index is 12.3. The first-order chi connectivity index (χ1) is 15.0. The van der Waals surface area contributed by atoms with Crippen molar-refractivity contribution < 1.29 is 14.7 Å². The Kier molecular flexibility index (Phi) is 5.77. The number of aromatic nitrogens is 2. The molecule has 0 saturated carbocycles. The molecule has 7 nitrogen and oxygen atoms in total. The van der Waals surface area contributed by atoms with Gasteiger partial charge in [0.2, 0.25) is 0 Å². The first kappa shape index (κ1) is 20.3. The quantitative estimate of drug-likeness (QED) is 0.271. The minimum Gasteiger partial charge on any atom is -0.478 e. The number of halogens is 1. The Morgan fingerprint density at radius 1 is 1.13 bits per heavy atom. The van der Waals surface area contributed by atoms with Crippen LogP contribution in [-0.4, -0.2) is 32.7 Å². The van der Waals surface area contributed by atoms with Crippen molar-refractivity contribution >= 4 is 40.6 Å². The maximum absolute atomic E-state index is 12.3. The number of nitrogens with one attached hydrogen (secondary N) is 1. The van der Waals surface area contributed by atoms with E-state index in [4.69, 9.17) is 11.6 Å². The summed E-state index contributed by atoms with van der Waals surface area (Å²) in [4.78, 5) is 27.4. The van der Waals surface area contributed by atoms with Gasteiger partial charge in [-0.25, -0.2) is 15.2 Å². The zero-order valence-electron chi connectivity index (χ0n) is 16.2. The average Bonchev–Trinajstić information content (AvgIpc) is 3.11. The Morgan fingerprint density at radius 3 is 2.77 bits per heavy atom. The minimum absolute atomic E-state index is 0.107. The molecule has 0 aliphatic carbocycles. The van der Waals surface area contributed by atoms with Gasteiger partial charge in [0.1, 0.15) is 5.15 Å². The number of fused-ring (bicyclic) bond motifs is 1. The van der Waals surface area contributed by atoms with Gasteiger partial charge in [0.15, 0.2) is 0 Å². The molecule has 0 spiro atoms. The summed E-state index contributed by atoms with van der Waals surface area (Å²) < 4.78 is 2.01. The van der Waals surface area contributed by atoms with Gasteiger partial charge >= 0.3 is 5.97 Å². The first-order valence-corrected chi connectivity index (χ1v) is 9.75. The summed E-state index contributed by atoms with van der Waals surface area (Å²) in [6.45, 7) is 0.493. The van der Waals surface area contributed by atoms with Gasteiger partial charge < -0.3 is 9.67 Å². The molecule has 0 radical (unpaired) electrons. The number of benzene rings is 2. The van der Waals surface area contributed by atoms with E-state index in [1.807, 2.05) is 41.1 Å². The maximum Gasteiger partial charge on any atom is 0.335 e. The number of nitrogens with zero attached hydrogens (tertiary/aromatic N) is 3. The normalized spacial score (nSPS) is 11.1. The Bertz CT molecular complexity index is 1310. The number of hydrogen-bond acceptors (Lipinski definition) is 4. The fourth-order valence-electron chi connectivity index (χ4n) is 3.28. The van der Waals surface area contributed by atoms with Gasteiger partial charge in [0, 0.05) is 35.4 Å². The summed E-state index contributed by atoms with van der Waals surface area (Å²) in [5.74, 6) is -1.42. The summed E-state index contributed by atoms with van der Waals surface area (Å²) >= 11 is 5.94. The number of carboxylic acids is 1. The van der Waals surface area contributed by atoms with Crippen LogP contribution in [0.2, 0.25) is 5.15 Å². The van der Waals surface area contributed by atoms with Crippen LogP contribution in [0.3, 0.4) is 0 Å². The highest BCUT2D eigenvalue weighted by Crippen LogP contribution is 2.21. The summed E-state index contributed by atoms with van der Waals surface area (Å²) in [5, 5.41) is 14.3. The summed E-state index contributed by atoms with van der Waals surface area (Å²) in [7, 11) is 0. The van der Waals surface area contributed by atoms with Gasteiger partial charge in [-0.15, -0.1) is 0 Å². The number of hydrazone groups is 1. The molecule has 0 fully saturated rings. The molecule has 8 heteroatoms. The average molecular weight is 433 g/mol. The molecule has 0 saturated heterocycles. The highest BCUT2D eigenvalue weighted by Gasteiger charge is 2.11. The minimum atomic E-state index is -0.962. The van der Waals surface area contributed by atoms with Crippen molar-refractivity contribution in [3.05, 3.63) is 100 Å². The van der Waals surface area contributed by atoms with Crippen molar-refractivity contribution in [2.24, 2.45) is 5.10 Å². The third-order valence-electron chi connectivity index (χ3n) is 4.72. The molecule has 154 valence electrons. The Morgan fingerprint density at radius 2 is 1.97 bits per heavy atom. The molecule has 4 rings (SSSR count). The molecule has 0 aliphatic heterocycles. The van der Waals surface area contributed by atoms with Crippen molar-refractivity contribution in [2.75, 3.05) is 0 Å². The van der Waals surface area contributed by atoms with E-state index in [1.165, 1.54) is 6.20 Å². The fraction of sp³-hybridized carbons (Fsp3) is 0.0435. The van der Waals surface area contributed by atoms with Crippen LogP contribution in [-0.2, 0) is 6.54 Å². The van der Waals surface area contributed by atoms with E-state index >= 15 is 0 Å². The molecule has 2 aromatic carbocycles. The third-order valence-corrected chi connectivity index (χ3v) is 5.02. The highest BCUT2D eigenvalue weighted by atomic mass is 35.5. The third kappa shape index (κ3) is 4.46. The second kappa shape index (κ2) is 8.81. The number of para-hydroxylation sites is 1. The molecular formula is C23H17ClN4O3. The van der Waals surface area contributed by atoms with E-state index < -0.39 is 11.9 Å². The molecule has 0 bridgehead atoms. The fourth-order valence-corrected chi connectivity index (χ4v) is 3.49. The zero-order chi connectivity index (χ0) is 21.8. The zero-order valence-corrected chi connectivity index (χ0v) is 17.0. The molecule has 2 heterocycles. The second-order valence-corrected chi connectivity index (χ2v) is 7.13. The Balaban J connectivity index is 1.59. The Labute approximate surface area is 182 Å². The number of carbonyl (C=O) groups is 2. The number of aromatic carboxylic acids is 1. The van der Waals surface area contributed by atoms with Crippen LogP contribution in [0.5, 0.6) is 0 Å². The lowest BCUT2D eigenvalue weighted by atomic mass is 10.1. The van der Waals surface area contributed by atoms with Crippen LogP contribution in [0.15, 0.2) is 78.2 Å². The predicted octanol–water partition coefficient (Wildman–Crippen LogP) is 4.20. The van der Waals surface area contributed by atoms with Crippen LogP contribution in [0.25, 0.3) is 10.9 Å². The molecule has 0 aliphatic rings. The largest absolute Gasteiger partial charge is 0.478 e. The van der Waals surface area contributed by atoms with Crippen molar-refractivity contribution in [2.45, 2.75) is 6.54 Å². The topological polar surface area (TPSA) is 96.6 Å². The summed E-state index contributed by atoms with van der Waals surface area (Å²) in [6, 6.07) is 17.8. The van der Waals surface area contributed by atoms with E-state index in [9.17, 15) is 14.7 Å². The van der Waals surface area contributed by atoms with Crippen LogP contribution in [0, 0.1) is 0 Å². The van der Waals surface area contributed by atoms with Crippen LogP contribution >= 0.6 is 11.6 Å². The summed E-state index contributed by atoms with van der Waals surface area (Å²) in [5.41, 5.74) is 5.58. The highest BCUT2D eigenvalue weighted by molar-refractivity contribution is 6.32. The number of hydrogen-bond donors (Lipinski definition) is 2. The standard InChI is InChI=1S/C23H17ClN4O3/c24-21-19(8-4-10-25-21)22(29)27-26-12-17-14-28(20-9-2-1-7-18(17)20)13-15-5-3-6-16(11-15)23(30)31/h1-12,14H,13H2,(H,27,29)(H,30,31). The van der Waals surface area contributed by atoms with Crippen molar-refractivity contribution in [1.29, 1.82) is 0 Å². The molecule has 4 aromatic rings. The van der Waals surface area contributed by atoms with E-state index in [1.54, 1.807) is 36.5 Å². The predicted molar refractivity (Wildman–Crippen MR) is 119 cm³/mol. The molecule has 2 N–H and O–H groups in total.